The van der Waals surface area contributed by atoms with E-state index in [1.165, 1.54) is 19.3 Å². The number of phenols is 1. The Bertz CT molecular complexity index is 465. The lowest BCUT2D eigenvalue weighted by Crippen LogP contribution is -2.09. The minimum Gasteiger partial charge on any atom is -0.508 e. The first-order valence-corrected chi connectivity index (χ1v) is 7.79. The Kier molecular flexibility index (Phi) is 9.75. The monoisotopic (exact) mass is 302 g/mol. The van der Waals surface area contributed by atoms with Gasteiger partial charge >= 0.3 is 0 Å². The van der Waals surface area contributed by atoms with Gasteiger partial charge in [0.2, 0.25) is 0 Å². The lowest BCUT2D eigenvalue weighted by molar-refractivity contribution is 0.130. The lowest BCUT2D eigenvalue weighted by atomic mass is 9.98. The van der Waals surface area contributed by atoms with Gasteiger partial charge in [0.1, 0.15) is 5.75 Å². The predicted molar refractivity (Wildman–Crippen MR) is 89.6 cm³/mol. The third-order valence-corrected chi connectivity index (χ3v) is 3.36. The van der Waals surface area contributed by atoms with Crippen LogP contribution in [0.25, 0.3) is 0 Å². The first-order chi connectivity index (χ1) is 10.7. The highest BCUT2D eigenvalue weighted by molar-refractivity contribution is 5.18. The van der Waals surface area contributed by atoms with E-state index in [-0.39, 0.29) is 12.7 Å². The molecule has 22 heavy (non-hydrogen) atoms. The molecule has 0 aromatic heterocycles. The van der Waals surface area contributed by atoms with Crippen molar-refractivity contribution in [2.75, 3.05) is 0 Å². The third-order valence-electron chi connectivity index (χ3n) is 3.36. The molecule has 0 radical (unpaired) electrons. The number of para-hydroxylation sites is 1. The van der Waals surface area contributed by atoms with Gasteiger partial charge in [-0.15, -0.1) is 0 Å². The van der Waals surface area contributed by atoms with Crippen molar-refractivity contribution in [3.8, 4) is 5.75 Å². The van der Waals surface area contributed by atoms with Crippen molar-refractivity contribution >= 4 is 0 Å². The van der Waals surface area contributed by atoms with Crippen LogP contribution >= 0.6 is 0 Å². The maximum Gasteiger partial charge on any atom is 0.115 e. The van der Waals surface area contributed by atoms with Gasteiger partial charge < -0.3 is 15.3 Å². The number of benzene rings is 2. The number of hydrogen-bond donors (Lipinski definition) is 3. The molecular weight excluding hydrogens is 276 g/mol. The van der Waals surface area contributed by atoms with Crippen molar-refractivity contribution in [3.05, 3.63) is 66.2 Å². The zero-order chi connectivity index (χ0) is 16.0. The molecule has 3 heteroatoms. The summed E-state index contributed by atoms with van der Waals surface area (Å²) < 4.78 is 0. The molecule has 120 valence electrons. The van der Waals surface area contributed by atoms with Crippen molar-refractivity contribution in [1.29, 1.82) is 0 Å². The average molecular weight is 302 g/mol. The van der Waals surface area contributed by atoms with E-state index in [0.29, 0.717) is 5.75 Å². The van der Waals surface area contributed by atoms with Crippen LogP contribution in [0.4, 0.5) is 0 Å². The Morgan fingerprint density at radius 3 is 1.55 bits per heavy atom. The summed E-state index contributed by atoms with van der Waals surface area (Å²) in [5, 5.41) is 26.1. The highest BCUT2D eigenvalue weighted by atomic mass is 16.3. The molecule has 0 unspecified atom stereocenters. The molecule has 0 saturated heterocycles. The second-order valence-electron chi connectivity index (χ2n) is 5.27. The van der Waals surface area contributed by atoms with Crippen LogP contribution in [-0.2, 0) is 6.61 Å². The molecule has 0 amide bonds. The predicted octanol–water partition coefficient (Wildman–Crippen LogP) is 3.88. The van der Waals surface area contributed by atoms with Gasteiger partial charge in [0.05, 0.1) is 12.7 Å². The fourth-order valence-electron chi connectivity index (χ4n) is 2.09. The zero-order valence-electron chi connectivity index (χ0n) is 12.9. The molecule has 1 saturated carbocycles. The summed E-state index contributed by atoms with van der Waals surface area (Å²) in [5.41, 5.74) is 0.965. The van der Waals surface area contributed by atoms with Crippen molar-refractivity contribution in [1.82, 2.24) is 0 Å². The van der Waals surface area contributed by atoms with E-state index in [9.17, 15) is 0 Å². The van der Waals surface area contributed by atoms with E-state index in [2.05, 4.69) is 0 Å². The van der Waals surface area contributed by atoms with Gasteiger partial charge in [-0.2, -0.15) is 0 Å². The molecule has 3 N–H and O–H groups in total. The molecule has 0 bridgehead atoms. The number of aliphatic hydroxyl groups excluding tert-OH is 2. The Morgan fingerprint density at radius 2 is 1.27 bits per heavy atom. The standard InChI is InChI=1S/C7H8O.C6H12O.C6H6O/c8-6-7-4-2-1-3-5-7;2*7-6-4-2-1-3-5-6/h1-5,8H,6H2;6-7H,1-5H2;1-5,7H. The number of aliphatic hydroxyl groups is 2. The second-order valence-corrected chi connectivity index (χ2v) is 5.27. The first kappa shape index (κ1) is 18.2. The SMILES string of the molecule is OC1CCCCC1.OCc1ccccc1.Oc1ccccc1. The van der Waals surface area contributed by atoms with Crippen molar-refractivity contribution in [2.45, 2.75) is 44.8 Å². The fraction of sp³-hybridized carbons (Fsp3) is 0.368. The topological polar surface area (TPSA) is 60.7 Å². The lowest BCUT2D eigenvalue weighted by Gasteiger charge is -2.14. The van der Waals surface area contributed by atoms with Gasteiger partial charge in [0, 0.05) is 0 Å². The number of rotatable bonds is 1. The molecule has 1 aliphatic rings. The molecule has 1 fully saturated rings. The molecule has 0 heterocycles. The quantitative estimate of drug-likeness (QED) is 0.749. The van der Waals surface area contributed by atoms with Gasteiger partial charge in [-0.25, -0.2) is 0 Å². The number of phenolic OH excluding ortho intramolecular Hbond substituents is 1. The summed E-state index contributed by atoms with van der Waals surface area (Å²) in [4.78, 5) is 0. The van der Waals surface area contributed by atoms with Crippen LogP contribution in [-0.4, -0.2) is 21.4 Å². The Hall–Kier alpha value is -1.84. The van der Waals surface area contributed by atoms with Crippen molar-refractivity contribution in [3.63, 3.8) is 0 Å². The highest BCUT2D eigenvalue weighted by Gasteiger charge is 2.07. The third kappa shape index (κ3) is 9.16. The van der Waals surface area contributed by atoms with Crippen LogP contribution < -0.4 is 0 Å². The van der Waals surface area contributed by atoms with Gasteiger partial charge in [-0.05, 0) is 30.5 Å². The van der Waals surface area contributed by atoms with Crippen molar-refractivity contribution < 1.29 is 15.3 Å². The summed E-state index contributed by atoms with van der Waals surface area (Å²) >= 11 is 0. The van der Waals surface area contributed by atoms with E-state index in [4.69, 9.17) is 15.3 Å². The summed E-state index contributed by atoms with van der Waals surface area (Å²) in [6, 6.07) is 18.2. The van der Waals surface area contributed by atoms with E-state index in [1.807, 2.05) is 36.4 Å². The molecule has 2 aromatic carbocycles. The van der Waals surface area contributed by atoms with Crippen LogP contribution in [0, 0.1) is 0 Å². The normalized spacial score (nSPS) is 14.1. The number of hydrogen-bond acceptors (Lipinski definition) is 3. The molecule has 2 aromatic rings. The van der Waals surface area contributed by atoms with E-state index < -0.39 is 0 Å². The van der Waals surface area contributed by atoms with E-state index >= 15 is 0 Å². The summed E-state index contributed by atoms with van der Waals surface area (Å²) in [5.74, 6) is 0.322. The van der Waals surface area contributed by atoms with Crippen molar-refractivity contribution in [2.24, 2.45) is 0 Å². The van der Waals surface area contributed by atoms with E-state index in [0.717, 1.165) is 18.4 Å². The molecule has 0 spiro atoms. The van der Waals surface area contributed by atoms with E-state index in [1.54, 1.807) is 24.3 Å². The highest BCUT2D eigenvalue weighted by Crippen LogP contribution is 2.16. The summed E-state index contributed by atoms with van der Waals surface area (Å²) in [7, 11) is 0. The fourth-order valence-corrected chi connectivity index (χ4v) is 2.09. The maximum atomic E-state index is 8.91. The van der Waals surface area contributed by atoms with Gasteiger partial charge in [0.25, 0.3) is 0 Å². The summed E-state index contributed by atoms with van der Waals surface area (Å²) in [6.07, 6.45) is 5.92. The first-order valence-electron chi connectivity index (χ1n) is 7.79. The Balaban J connectivity index is 0.000000166. The molecule has 0 atom stereocenters. The minimum atomic E-state index is 0.0359. The zero-order valence-corrected chi connectivity index (χ0v) is 12.9. The molecule has 0 aliphatic heterocycles. The molecule has 3 rings (SSSR count). The van der Waals surface area contributed by atoms with Crippen LogP contribution in [0.3, 0.4) is 0 Å². The maximum absolute atomic E-state index is 8.91. The number of aromatic hydroxyl groups is 1. The van der Waals surface area contributed by atoms with Crippen LogP contribution in [0.2, 0.25) is 0 Å². The van der Waals surface area contributed by atoms with Crippen LogP contribution in [0.5, 0.6) is 5.75 Å². The molecule has 3 nitrogen and oxygen atoms in total. The minimum absolute atomic E-state index is 0.0359. The average Bonchev–Trinajstić information content (AvgIpc) is 2.58. The van der Waals surface area contributed by atoms with Crippen LogP contribution in [0.1, 0.15) is 37.7 Å². The molecular formula is C19H26O3. The smallest absolute Gasteiger partial charge is 0.115 e. The van der Waals surface area contributed by atoms with Gasteiger partial charge in [0.15, 0.2) is 0 Å². The van der Waals surface area contributed by atoms with Gasteiger partial charge in [-0.1, -0.05) is 67.8 Å². The van der Waals surface area contributed by atoms with Gasteiger partial charge in [-0.3, -0.25) is 0 Å². The largest absolute Gasteiger partial charge is 0.508 e. The van der Waals surface area contributed by atoms with Crippen LogP contribution in [0.15, 0.2) is 60.7 Å². The Labute approximate surface area is 132 Å². The molecule has 1 aliphatic carbocycles. The second kappa shape index (κ2) is 11.8. The Morgan fingerprint density at radius 1 is 0.773 bits per heavy atom. The summed E-state index contributed by atoms with van der Waals surface area (Å²) in [6.45, 7) is 0.140.